The summed E-state index contributed by atoms with van der Waals surface area (Å²) in [4.78, 5) is 5.05. The van der Waals surface area contributed by atoms with Gasteiger partial charge in [0.15, 0.2) is 0 Å². The summed E-state index contributed by atoms with van der Waals surface area (Å²) in [6.07, 6.45) is 4.23. The Kier molecular flexibility index (Phi) is 5.89. The van der Waals surface area contributed by atoms with Gasteiger partial charge in [-0.3, -0.25) is 4.90 Å². The van der Waals surface area contributed by atoms with Crippen LogP contribution >= 0.6 is 0 Å². The van der Waals surface area contributed by atoms with E-state index in [4.69, 9.17) is 4.74 Å². The van der Waals surface area contributed by atoms with Crippen molar-refractivity contribution in [3.63, 3.8) is 0 Å². The number of nitrogens with one attached hydrogen (secondary N) is 1. The van der Waals surface area contributed by atoms with Crippen LogP contribution in [0, 0.1) is 0 Å². The van der Waals surface area contributed by atoms with Gasteiger partial charge < -0.3 is 15.0 Å². The molecule has 2 fully saturated rings. The highest BCUT2D eigenvalue weighted by molar-refractivity contribution is 4.76. The summed E-state index contributed by atoms with van der Waals surface area (Å²) in [6, 6.07) is 0.637. The van der Waals surface area contributed by atoms with E-state index in [0.717, 1.165) is 19.7 Å². The van der Waals surface area contributed by atoms with Gasteiger partial charge in [0.2, 0.25) is 0 Å². The smallest absolute Gasteiger partial charge is 0.0700 e. The van der Waals surface area contributed by atoms with Gasteiger partial charge in [-0.1, -0.05) is 0 Å². The first-order valence-corrected chi connectivity index (χ1v) is 7.50. The van der Waals surface area contributed by atoms with E-state index < -0.39 is 0 Å². The zero-order chi connectivity index (χ0) is 12.8. The Morgan fingerprint density at radius 2 is 2.11 bits per heavy atom. The Labute approximate surface area is 112 Å². The molecule has 2 aliphatic rings. The van der Waals surface area contributed by atoms with Crippen molar-refractivity contribution in [2.45, 2.75) is 38.3 Å². The molecule has 1 N–H and O–H groups in total. The summed E-state index contributed by atoms with van der Waals surface area (Å²) in [7, 11) is 2.23. The fraction of sp³-hybridized carbons (Fsp3) is 1.00. The minimum absolute atomic E-state index is 0.465. The van der Waals surface area contributed by atoms with Crippen molar-refractivity contribution in [3.8, 4) is 0 Å². The Bertz CT molecular complexity index is 231. The molecule has 0 bridgehead atoms. The third kappa shape index (κ3) is 4.50. The highest BCUT2D eigenvalue weighted by atomic mass is 16.5. The third-order valence-electron chi connectivity index (χ3n) is 4.21. The number of hydrogen-bond donors (Lipinski definition) is 1. The zero-order valence-corrected chi connectivity index (χ0v) is 12.0. The second kappa shape index (κ2) is 7.43. The standard InChI is InChI=1S/C14H29N3O/c1-13(11-15-12-14-5-3-10-18-14)17-7-4-6-16(2)8-9-17/h13-15H,3-12H2,1-2H3. The summed E-state index contributed by atoms with van der Waals surface area (Å²) >= 11 is 0. The molecule has 2 aliphatic heterocycles. The second-order valence-electron chi connectivity index (χ2n) is 5.84. The topological polar surface area (TPSA) is 27.7 Å². The second-order valence-corrected chi connectivity index (χ2v) is 5.84. The van der Waals surface area contributed by atoms with E-state index in [2.05, 4.69) is 29.1 Å². The number of likely N-dealkylation sites (N-methyl/N-ethyl adjacent to an activating group) is 1. The van der Waals surface area contributed by atoms with Crippen LogP contribution in [0.4, 0.5) is 0 Å². The molecule has 0 radical (unpaired) electrons. The summed E-state index contributed by atoms with van der Waals surface area (Å²) in [5.74, 6) is 0. The molecule has 0 amide bonds. The van der Waals surface area contributed by atoms with Crippen LogP contribution < -0.4 is 5.32 Å². The van der Waals surface area contributed by atoms with Crippen molar-refractivity contribution in [2.24, 2.45) is 0 Å². The first-order chi connectivity index (χ1) is 8.75. The van der Waals surface area contributed by atoms with Crippen molar-refractivity contribution < 1.29 is 4.74 Å². The zero-order valence-electron chi connectivity index (χ0n) is 12.0. The van der Waals surface area contributed by atoms with E-state index in [1.54, 1.807) is 0 Å². The first-order valence-electron chi connectivity index (χ1n) is 7.50. The Balaban J connectivity index is 1.62. The van der Waals surface area contributed by atoms with Crippen molar-refractivity contribution in [1.82, 2.24) is 15.1 Å². The highest BCUT2D eigenvalue weighted by Crippen LogP contribution is 2.11. The molecule has 106 valence electrons. The molecule has 4 heteroatoms. The van der Waals surface area contributed by atoms with Gasteiger partial charge in [0, 0.05) is 38.8 Å². The number of ether oxygens (including phenoxy) is 1. The maximum absolute atomic E-state index is 5.63. The summed E-state index contributed by atoms with van der Waals surface area (Å²) in [5, 5.41) is 3.58. The third-order valence-corrected chi connectivity index (χ3v) is 4.21. The minimum Gasteiger partial charge on any atom is -0.377 e. The normalized spacial score (nSPS) is 29.3. The largest absolute Gasteiger partial charge is 0.377 e. The number of rotatable bonds is 5. The molecule has 0 aromatic heterocycles. The van der Waals surface area contributed by atoms with E-state index in [9.17, 15) is 0 Å². The van der Waals surface area contributed by atoms with Crippen LogP contribution in [0.5, 0.6) is 0 Å². The van der Waals surface area contributed by atoms with Crippen LogP contribution in [0.3, 0.4) is 0 Å². The number of hydrogen-bond acceptors (Lipinski definition) is 4. The molecule has 18 heavy (non-hydrogen) atoms. The molecular formula is C14H29N3O. The lowest BCUT2D eigenvalue weighted by Gasteiger charge is -2.28. The maximum Gasteiger partial charge on any atom is 0.0700 e. The van der Waals surface area contributed by atoms with Crippen LogP contribution in [0.2, 0.25) is 0 Å². The molecule has 0 aromatic rings. The molecule has 0 aromatic carbocycles. The molecule has 4 nitrogen and oxygen atoms in total. The van der Waals surface area contributed by atoms with Gasteiger partial charge >= 0.3 is 0 Å². The molecule has 2 unspecified atom stereocenters. The molecule has 0 aliphatic carbocycles. The lowest BCUT2D eigenvalue weighted by molar-refractivity contribution is 0.107. The van der Waals surface area contributed by atoms with Crippen LogP contribution in [0.15, 0.2) is 0 Å². The molecule has 0 spiro atoms. The van der Waals surface area contributed by atoms with Crippen molar-refractivity contribution in [2.75, 3.05) is 52.9 Å². The van der Waals surface area contributed by atoms with Gasteiger partial charge in [0.25, 0.3) is 0 Å². The lowest BCUT2D eigenvalue weighted by atomic mass is 10.2. The van der Waals surface area contributed by atoms with Gasteiger partial charge in [-0.2, -0.15) is 0 Å². The average molecular weight is 255 g/mol. The quantitative estimate of drug-likeness (QED) is 0.786. The van der Waals surface area contributed by atoms with E-state index in [-0.39, 0.29) is 0 Å². The van der Waals surface area contributed by atoms with Crippen LogP contribution in [-0.2, 0) is 4.74 Å². The fourth-order valence-electron chi connectivity index (χ4n) is 2.89. The van der Waals surface area contributed by atoms with Gasteiger partial charge in [0.1, 0.15) is 0 Å². The Hall–Kier alpha value is -0.160. The molecule has 2 rings (SSSR count). The van der Waals surface area contributed by atoms with Crippen molar-refractivity contribution >= 4 is 0 Å². The van der Waals surface area contributed by atoms with Crippen LogP contribution in [-0.4, -0.2) is 74.9 Å². The summed E-state index contributed by atoms with van der Waals surface area (Å²) in [5.41, 5.74) is 0. The molecule has 0 saturated carbocycles. The fourth-order valence-corrected chi connectivity index (χ4v) is 2.89. The Morgan fingerprint density at radius 3 is 2.89 bits per heavy atom. The predicted molar refractivity (Wildman–Crippen MR) is 75.0 cm³/mol. The van der Waals surface area contributed by atoms with E-state index in [1.807, 2.05) is 0 Å². The van der Waals surface area contributed by atoms with Gasteiger partial charge in [-0.15, -0.1) is 0 Å². The van der Waals surface area contributed by atoms with Crippen molar-refractivity contribution in [1.29, 1.82) is 0 Å². The summed E-state index contributed by atoms with van der Waals surface area (Å²) in [6.45, 7) is 10.3. The van der Waals surface area contributed by atoms with Gasteiger partial charge in [-0.25, -0.2) is 0 Å². The van der Waals surface area contributed by atoms with Crippen LogP contribution in [0.1, 0.15) is 26.2 Å². The van der Waals surface area contributed by atoms with Crippen LogP contribution in [0.25, 0.3) is 0 Å². The van der Waals surface area contributed by atoms with Crippen molar-refractivity contribution in [3.05, 3.63) is 0 Å². The summed E-state index contributed by atoms with van der Waals surface area (Å²) < 4.78 is 5.63. The molecular weight excluding hydrogens is 226 g/mol. The first kappa shape index (κ1) is 14.3. The SMILES string of the molecule is CC(CNCC1CCCO1)N1CCCN(C)CC1. The minimum atomic E-state index is 0.465. The van der Waals surface area contributed by atoms with E-state index in [0.29, 0.717) is 12.1 Å². The predicted octanol–water partition coefficient (Wildman–Crippen LogP) is 0.781. The molecule has 2 heterocycles. The van der Waals surface area contributed by atoms with E-state index >= 15 is 0 Å². The maximum atomic E-state index is 5.63. The lowest BCUT2D eigenvalue weighted by Crippen LogP contribution is -2.43. The van der Waals surface area contributed by atoms with Gasteiger partial charge in [-0.05, 0) is 46.3 Å². The Morgan fingerprint density at radius 1 is 1.22 bits per heavy atom. The highest BCUT2D eigenvalue weighted by Gasteiger charge is 2.19. The van der Waals surface area contributed by atoms with Gasteiger partial charge in [0.05, 0.1) is 6.10 Å². The monoisotopic (exact) mass is 255 g/mol. The van der Waals surface area contributed by atoms with E-state index in [1.165, 1.54) is 45.4 Å². The molecule has 2 atom stereocenters. The number of nitrogens with zero attached hydrogens (tertiary/aromatic N) is 2. The molecule has 2 saturated heterocycles. The average Bonchev–Trinajstić information content (AvgIpc) is 2.77.